The summed E-state index contributed by atoms with van der Waals surface area (Å²) in [5, 5.41) is 11.6. The van der Waals surface area contributed by atoms with Gasteiger partial charge in [-0.25, -0.2) is 0 Å². The van der Waals surface area contributed by atoms with Crippen molar-refractivity contribution in [2.45, 2.75) is 30.9 Å². The first-order valence-corrected chi connectivity index (χ1v) is 5.10. The highest BCUT2D eigenvalue weighted by atomic mass is 32.2. The second kappa shape index (κ2) is 5.12. The quantitative estimate of drug-likeness (QED) is 0.419. The molecule has 0 fully saturated rings. The minimum atomic E-state index is -0.835. The predicted molar refractivity (Wildman–Crippen MR) is 60.6 cm³/mol. The molecule has 0 spiro atoms. The molecule has 78 valence electrons. The summed E-state index contributed by atoms with van der Waals surface area (Å²) in [6, 6.07) is -0.531. The number of hydrogen-bond donors (Lipinski definition) is 4. The SMILES string of the molecule is CN[C@H](CC(C)(C)C(S)S)C(=O)O. The number of carboxylic acid groups (broad SMARTS) is 1. The molecule has 0 saturated carbocycles. The third-order valence-electron chi connectivity index (χ3n) is 2.08. The number of carboxylic acids is 1. The van der Waals surface area contributed by atoms with Crippen LogP contribution in [-0.4, -0.2) is 28.7 Å². The summed E-state index contributed by atoms with van der Waals surface area (Å²) < 4.78 is -0.123. The lowest BCUT2D eigenvalue weighted by Gasteiger charge is -2.30. The van der Waals surface area contributed by atoms with Gasteiger partial charge >= 0.3 is 5.97 Å². The predicted octanol–water partition coefficient (Wildman–Crippen LogP) is 1.26. The van der Waals surface area contributed by atoms with E-state index in [0.29, 0.717) is 6.42 Å². The first-order valence-electron chi connectivity index (χ1n) is 4.07. The highest BCUT2D eigenvalue weighted by Crippen LogP contribution is 2.32. The monoisotopic (exact) mass is 223 g/mol. The van der Waals surface area contributed by atoms with E-state index in [0.717, 1.165) is 0 Å². The zero-order valence-electron chi connectivity index (χ0n) is 8.11. The lowest BCUT2D eigenvalue weighted by molar-refractivity contribution is -0.140. The third-order valence-corrected chi connectivity index (χ3v) is 3.47. The minimum Gasteiger partial charge on any atom is -0.480 e. The Morgan fingerprint density at radius 3 is 2.23 bits per heavy atom. The topological polar surface area (TPSA) is 49.3 Å². The van der Waals surface area contributed by atoms with Gasteiger partial charge in [-0.2, -0.15) is 25.3 Å². The van der Waals surface area contributed by atoms with E-state index in [-0.39, 0.29) is 10.00 Å². The summed E-state index contributed by atoms with van der Waals surface area (Å²) in [6.45, 7) is 3.90. The molecule has 2 N–H and O–H groups in total. The Hall–Kier alpha value is 0.130. The van der Waals surface area contributed by atoms with Crippen LogP contribution in [0.15, 0.2) is 0 Å². The fourth-order valence-electron chi connectivity index (χ4n) is 0.944. The molecule has 0 aromatic carbocycles. The smallest absolute Gasteiger partial charge is 0.320 e. The number of aliphatic carboxylic acids is 1. The molecule has 0 aromatic rings. The average Bonchev–Trinajstić information content (AvgIpc) is 1.99. The first-order chi connectivity index (χ1) is 5.81. The fraction of sp³-hybridized carbons (Fsp3) is 0.875. The fourth-order valence-corrected chi connectivity index (χ4v) is 1.16. The maximum absolute atomic E-state index is 10.7. The van der Waals surface area contributed by atoms with E-state index in [4.69, 9.17) is 5.11 Å². The van der Waals surface area contributed by atoms with Crippen LogP contribution in [0.3, 0.4) is 0 Å². The van der Waals surface area contributed by atoms with Crippen molar-refractivity contribution >= 4 is 31.2 Å². The van der Waals surface area contributed by atoms with Crippen molar-refractivity contribution < 1.29 is 9.90 Å². The maximum atomic E-state index is 10.7. The normalized spacial score (nSPS) is 14.6. The molecule has 0 amide bonds. The van der Waals surface area contributed by atoms with E-state index < -0.39 is 12.0 Å². The van der Waals surface area contributed by atoms with Crippen molar-refractivity contribution in [2.24, 2.45) is 5.41 Å². The second-order valence-electron chi connectivity index (χ2n) is 3.75. The third kappa shape index (κ3) is 4.24. The van der Waals surface area contributed by atoms with Crippen molar-refractivity contribution in [1.82, 2.24) is 5.32 Å². The summed E-state index contributed by atoms with van der Waals surface area (Å²) >= 11 is 8.41. The van der Waals surface area contributed by atoms with E-state index in [1.54, 1.807) is 7.05 Å². The van der Waals surface area contributed by atoms with Gasteiger partial charge in [0.2, 0.25) is 0 Å². The molecule has 0 aliphatic rings. The largest absolute Gasteiger partial charge is 0.480 e. The summed E-state index contributed by atoms with van der Waals surface area (Å²) in [5.74, 6) is -0.835. The van der Waals surface area contributed by atoms with Gasteiger partial charge in [0.15, 0.2) is 0 Å². The van der Waals surface area contributed by atoms with Gasteiger partial charge in [-0.3, -0.25) is 4.79 Å². The van der Waals surface area contributed by atoms with Crippen molar-refractivity contribution in [2.75, 3.05) is 7.05 Å². The molecule has 0 bridgehead atoms. The molecular weight excluding hydrogens is 206 g/mol. The highest BCUT2D eigenvalue weighted by molar-refractivity contribution is 7.99. The van der Waals surface area contributed by atoms with Gasteiger partial charge < -0.3 is 10.4 Å². The number of hydrogen-bond acceptors (Lipinski definition) is 4. The van der Waals surface area contributed by atoms with Crippen molar-refractivity contribution in [3.8, 4) is 0 Å². The van der Waals surface area contributed by atoms with Gasteiger partial charge in [0, 0.05) is 4.58 Å². The van der Waals surface area contributed by atoms with Crippen LogP contribution in [0.5, 0.6) is 0 Å². The van der Waals surface area contributed by atoms with Crippen molar-refractivity contribution in [3.05, 3.63) is 0 Å². The zero-order chi connectivity index (χ0) is 10.6. The Morgan fingerprint density at radius 2 is 2.00 bits per heavy atom. The van der Waals surface area contributed by atoms with Crippen LogP contribution in [0.4, 0.5) is 0 Å². The molecule has 0 unspecified atom stereocenters. The molecule has 3 nitrogen and oxygen atoms in total. The number of thiol groups is 2. The molecular formula is C8H17NO2S2. The Balaban J connectivity index is 4.30. The van der Waals surface area contributed by atoms with Crippen LogP contribution in [0.1, 0.15) is 20.3 Å². The molecule has 5 heteroatoms. The Labute approximate surface area is 90.1 Å². The van der Waals surface area contributed by atoms with Crippen molar-refractivity contribution in [3.63, 3.8) is 0 Å². The van der Waals surface area contributed by atoms with Gasteiger partial charge in [-0.05, 0) is 18.9 Å². The minimum absolute atomic E-state index is 0.123. The molecule has 0 saturated heterocycles. The van der Waals surface area contributed by atoms with Gasteiger partial charge in [-0.1, -0.05) is 13.8 Å². The van der Waals surface area contributed by atoms with E-state index in [1.165, 1.54) is 0 Å². The second-order valence-corrected chi connectivity index (χ2v) is 5.19. The zero-order valence-corrected chi connectivity index (χ0v) is 9.90. The van der Waals surface area contributed by atoms with Crippen LogP contribution < -0.4 is 5.32 Å². The molecule has 0 rings (SSSR count). The van der Waals surface area contributed by atoms with Crippen LogP contribution in [0, 0.1) is 5.41 Å². The van der Waals surface area contributed by atoms with E-state index in [2.05, 4.69) is 30.6 Å². The van der Waals surface area contributed by atoms with Crippen LogP contribution >= 0.6 is 25.3 Å². The lowest BCUT2D eigenvalue weighted by atomic mass is 9.87. The standard InChI is InChI=1S/C8H17NO2S2/c1-8(2,7(12)13)4-5(9-3)6(10)11/h5,7,9,12-13H,4H2,1-3H3,(H,10,11)/t5-/m1/s1. The highest BCUT2D eigenvalue weighted by Gasteiger charge is 2.30. The molecule has 0 radical (unpaired) electrons. The van der Waals surface area contributed by atoms with Crippen LogP contribution in [0.2, 0.25) is 0 Å². The summed E-state index contributed by atoms with van der Waals surface area (Å²) in [6.07, 6.45) is 0.510. The average molecular weight is 223 g/mol. The Kier molecular flexibility index (Phi) is 5.17. The molecule has 0 aliphatic carbocycles. The summed E-state index contributed by atoms with van der Waals surface area (Å²) in [4.78, 5) is 10.7. The number of nitrogens with one attached hydrogen (secondary N) is 1. The molecule has 1 atom stereocenters. The molecule has 0 aliphatic heterocycles. The Bertz CT molecular complexity index is 183. The van der Waals surface area contributed by atoms with Gasteiger partial charge in [0.05, 0.1) is 0 Å². The van der Waals surface area contributed by atoms with E-state index in [1.807, 2.05) is 13.8 Å². The lowest BCUT2D eigenvalue weighted by Crippen LogP contribution is -2.39. The molecule has 0 heterocycles. The van der Waals surface area contributed by atoms with Gasteiger partial charge in [0.1, 0.15) is 6.04 Å². The van der Waals surface area contributed by atoms with Crippen LogP contribution in [-0.2, 0) is 4.79 Å². The van der Waals surface area contributed by atoms with E-state index in [9.17, 15) is 4.79 Å². The van der Waals surface area contributed by atoms with E-state index >= 15 is 0 Å². The number of carbonyl (C=O) groups is 1. The maximum Gasteiger partial charge on any atom is 0.320 e. The van der Waals surface area contributed by atoms with Crippen LogP contribution in [0.25, 0.3) is 0 Å². The van der Waals surface area contributed by atoms with Gasteiger partial charge in [0.25, 0.3) is 0 Å². The molecule has 0 aromatic heterocycles. The summed E-state index contributed by atoms with van der Waals surface area (Å²) in [5.41, 5.74) is -0.210. The Morgan fingerprint density at radius 1 is 1.54 bits per heavy atom. The van der Waals surface area contributed by atoms with Gasteiger partial charge in [-0.15, -0.1) is 0 Å². The van der Waals surface area contributed by atoms with Crippen molar-refractivity contribution in [1.29, 1.82) is 0 Å². The number of likely N-dealkylation sites (N-methyl/N-ethyl adjacent to an activating group) is 1. The molecule has 13 heavy (non-hydrogen) atoms. The first kappa shape index (κ1) is 13.1. The summed E-state index contributed by atoms with van der Waals surface area (Å²) in [7, 11) is 1.64. The number of rotatable bonds is 5.